The van der Waals surface area contributed by atoms with Crippen LogP contribution >= 0.6 is 0 Å². The molecule has 3 rings (SSSR count). The summed E-state index contributed by atoms with van der Waals surface area (Å²) in [6.07, 6.45) is 1.60. The van der Waals surface area contributed by atoms with Gasteiger partial charge in [0.15, 0.2) is 11.6 Å². The third-order valence-corrected chi connectivity index (χ3v) is 4.28. The molecule has 1 aliphatic rings. The molecule has 2 heterocycles. The fourth-order valence-corrected chi connectivity index (χ4v) is 2.76. The van der Waals surface area contributed by atoms with Crippen molar-refractivity contribution < 1.29 is 18.3 Å². The fraction of sp³-hybridized carbons (Fsp3) is 0.471. The minimum absolute atomic E-state index is 0.0608. The second-order valence-electron chi connectivity index (χ2n) is 6.10. The SMILES string of the molecule is CCOc1ccc(-c2cn(C(C)C(=O)N3CC(CF)C3)nn2)cc1F. The largest absolute Gasteiger partial charge is 0.491 e. The molecule has 6 nitrogen and oxygen atoms in total. The molecular weight excluding hydrogens is 330 g/mol. The first-order chi connectivity index (χ1) is 12.0. The first-order valence-corrected chi connectivity index (χ1v) is 8.22. The van der Waals surface area contributed by atoms with Gasteiger partial charge in [-0.1, -0.05) is 5.21 Å². The van der Waals surface area contributed by atoms with Crippen LogP contribution < -0.4 is 4.74 Å². The molecule has 2 aromatic rings. The molecule has 1 aromatic carbocycles. The molecule has 0 bridgehead atoms. The van der Waals surface area contributed by atoms with Gasteiger partial charge in [-0.15, -0.1) is 5.10 Å². The quantitative estimate of drug-likeness (QED) is 0.803. The van der Waals surface area contributed by atoms with Crippen molar-refractivity contribution in [3.05, 3.63) is 30.2 Å². The van der Waals surface area contributed by atoms with Crippen LogP contribution in [0.2, 0.25) is 0 Å². The number of amides is 1. The van der Waals surface area contributed by atoms with Crippen molar-refractivity contribution in [3.63, 3.8) is 0 Å². The van der Waals surface area contributed by atoms with Crippen molar-refractivity contribution in [1.82, 2.24) is 19.9 Å². The Kier molecular flexibility index (Phi) is 4.96. The maximum absolute atomic E-state index is 14.0. The summed E-state index contributed by atoms with van der Waals surface area (Å²) in [5.74, 6) is -0.480. The van der Waals surface area contributed by atoms with Gasteiger partial charge in [-0.2, -0.15) is 0 Å². The van der Waals surface area contributed by atoms with Crippen molar-refractivity contribution in [3.8, 4) is 17.0 Å². The maximum atomic E-state index is 14.0. The minimum atomic E-state index is -0.547. The summed E-state index contributed by atoms with van der Waals surface area (Å²) in [4.78, 5) is 13.9. The number of alkyl halides is 1. The topological polar surface area (TPSA) is 60.2 Å². The fourth-order valence-electron chi connectivity index (χ4n) is 2.76. The van der Waals surface area contributed by atoms with Crippen LogP contribution in [0.3, 0.4) is 0 Å². The van der Waals surface area contributed by atoms with Gasteiger partial charge in [-0.05, 0) is 32.0 Å². The van der Waals surface area contributed by atoms with Crippen LogP contribution in [0, 0.1) is 11.7 Å². The second kappa shape index (κ2) is 7.16. The number of carbonyl (C=O) groups is 1. The molecule has 1 atom stereocenters. The highest BCUT2D eigenvalue weighted by Gasteiger charge is 2.33. The van der Waals surface area contributed by atoms with Crippen molar-refractivity contribution in [2.24, 2.45) is 5.92 Å². The molecule has 134 valence electrons. The number of halogens is 2. The smallest absolute Gasteiger partial charge is 0.247 e. The highest BCUT2D eigenvalue weighted by atomic mass is 19.1. The third kappa shape index (κ3) is 3.47. The van der Waals surface area contributed by atoms with Crippen LogP contribution in [0.15, 0.2) is 24.4 Å². The molecule has 0 aliphatic carbocycles. The first kappa shape index (κ1) is 17.3. The molecule has 0 spiro atoms. The van der Waals surface area contributed by atoms with Gasteiger partial charge < -0.3 is 9.64 Å². The Morgan fingerprint density at radius 2 is 2.20 bits per heavy atom. The van der Waals surface area contributed by atoms with E-state index in [1.165, 1.54) is 10.7 Å². The van der Waals surface area contributed by atoms with Gasteiger partial charge in [0.1, 0.15) is 11.7 Å². The lowest BCUT2D eigenvalue weighted by atomic mass is 10.0. The number of nitrogens with zero attached hydrogens (tertiary/aromatic N) is 4. The molecule has 25 heavy (non-hydrogen) atoms. The van der Waals surface area contributed by atoms with E-state index in [2.05, 4.69) is 10.3 Å². The highest BCUT2D eigenvalue weighted by molar-refractivity contribution is 5.80. The third-order valence-electron chi connectivity index (χ3n) is 4.28. The van der Waals surface area contributed by atoms with Gasteiger partial charge in [-0.3, -0.25) is 9.18 Å². The summed E-state index contributed by atoms with van der Waals surface area (Å²) in [5, 5.41) is 7.99. The van der Waals surface area contributed by atoms with E-state index in [4.69, 9.17) is 4.74 Å². The summed E-state index contributed by atoms with van der Waals surface area (Å²) in [6, 6.07) is 4.01. The summed E-state index contributed by atoms with van der Waals surface area (Å²) < 4.78 is 33.1. The Balaban J connectivity index is 1.71. The summed E-state index contributed by atoms with van der Waals surface area (Å²) in [5.41, 5.74) is 1.01. The molecule has 1 saturated heterocycles. The van der Waals surface area contributed by atoms with Gasteiger partial charge >= 0.3 is 0 Å². The molecule has 8 heteroatoms. The second-order valence-corrected chi connectivity index (χ2v) is 6.10. The molecule has 1 unspecified atom stereocenters. The molecule has 0 saturated carbocycles. The van der Waals surface area contributed by atoms with Crippen LogP contribution in [-0.4, -0.2) is 52.2 Å². The van der Waals surface area contributed by atoms with Crippen LogP contribution in [0.1, 0.15) is 19.9 Å². The van der Waals surface area contributed by atoms with Gasteiger partial charge in [0, 0.05) is 24.6 Å². The van der Waals surface area contributed by atoms with E-state index in [0.29, 0.717) is 31.0 Å². The van der Waals surface area contributed by atoms with E-state index in [9.17, 15) is 13.6 Å². The predicted molar refractivity (Wildman–Crippen MR) is 87.3 cm³/mol. The van der Waals surface area contributed by atoms with Crippen LogP contribution in [0.4, 0.5) is 8.78 Å². The first-order valence-electron chi connectivity index (χ1n) is 8.22. The lowest BCUT2D eigenvalue weighted by Crippen LogP contribution is -2.52. The number of likely N-dealkylation sites (tertiary alicyclic amines) is 1. The average Bonchev–Trinajstić information content (AvgIpc) is 3.05. The number of ether oxygens (including phenoxy) is 1. The van der Waals surface area contributed by atoms with Gasteiger partial charge in [0.2, 0.25) is 5.91 Å². The number of aromatic nitrogens is 3. The van der Waals surface area contributed by atoms with Crippen molar-refractivity contribution >= 4 is 5.91 Å². The molecule has 1 aromatic heterocycles. The summed E-state index contributed by atoms with van der Waals surface area (Å²) in [6.45, 7) is 4.34. The molecule has 1 aliphatic heterocycles. The summed E-state index contributed by atoms with van der Waals surface area (Å²) >= 11 is 0. The van der Waals surface area contributed by atoms with Gasteiger partial charge in [0.25, 0.3) is 0 Å². The zero-order chi connectivity index (χ0) is 18.0. The monoisotopic (exact) mass is 350 g/mol. The van der Waals surface area contributed by atoms with Crippen LogP contribution in [0.25, 0.3) is 11.3 Å². The highest BCUT2D eigenvalue weighted by Crippen LogP contribution is 2.25. The Labute approximate surface area is 144 Å². The standard InChI is InChI=1S/C17H20F2N4O2/c1-3-25-16-5-4-13(6-14(16)19)15-10-23(21-20-15)11(2)17(24)22-8-12(7-18)9-22/h4-6,10-12H,3,7-9H2,1-2H3. The summed E-state index contributed by atoms with van der Waals surface area (Å²) in [7, 11) is 0. The molecule has 1 amide bonds. The molecule has 0 N–H and O–H groups in total. The van der Waals surface area contributed by atoms with E-state index in [1.54, 1.807) is 37.1 Å². The lowest BCUT2D eigenvalue weighted by Gasteiger charge is -2.39. The minimum Gasteiger partial charge on any atom is -0.491 e. The number of hydrogen-bond donors (Lipinski definition) is 0. The Bertz CT molecular complexity index is 759. The molecule has 0 radical (unpaired) electrons. The number of rotatable bonds is 6. The van der Waals surface area contributed by atoms with Crippen molar-refractivity contribution in [1.29, 1.82) is 0 Å². The van der Waals surface area contributed by atoms with E-state index in [1.807, 2.05) is 0 Å². The maximum Gasteiger partial charge on any atom is 0.247 e. The van der Waals surface area contributed by atoms with E-state index >= 15 is 0 Å². The average molecular weight is 350 g/mol. The van der Waals surface area contributed by atoms with E-state index in [0.717, 1.165) is 0 Å². The molecular formula is C17H20F2N4O2. The van der Waals surface area contributed by atoms with Crippen molar-refractivity contribution in [2.45, 2.75) is 19.9 Å². The number of hydrogen-bond acceptors (Lipinski definition) is 4. The zero-order valence-electron chi connectivity index (χ0n) is 14.2. The zero-order valence-corrected chi connectivity index (χ0v) is 14.2. The molecule has 1 fully saturated rings. The van der Waals surface area contributed by atoms with Crippen molar-refractivity contribution in [2.75, 3.05) is 26.4 Å². The Hall–Kier alpha value is -2.51. The normalized spacial score (nSPS) is 15.8. The number of carbonyl (C=O) groups excluding carboxylic acids is 1. The van der Waals surface area contributed by atoms with Gasteiger partial charge in [0.05, 0.1) is 19.5 Å². The van der Waals surface area contributed by atoms with Crippen LogP contribution in [0.5, 0.6) is 5.75 Å². The lowest BCUT2D eigenvalue weighted by molar-refractivity contribution is -0.141. The Morgan fingerprint density at radius 1 is 1.44 bits per heavy atom. The Morgan fingerprint density at radius 3 is 2.84 bits per heavy atom. The van der Waals surface area contributed by atoms with E-state index in [-0.39, 0.29) is 17.6 Å². The van der Waals surface area contributed by atoms with Gasteiger partial charge in [-0.25, -0.2) is 9.07 Å². The van der Waals surface area contributed by atoms with Crippen LogP contribution in [-0.2, 0) is 4.79 Å². The predicted octanol–water partition coefficient (Wildman–Crippen LogP) is 2.47. The number of benzene rings is 1. The van der Waals surface area contributed by atoms with E-state index < -0.39 is 18.5 Å².